The molecule has 0 aliphatic carbocycles. The van der Waals surface area contributed by atoms with E-state index in [0.717, 1.165) is 19.0 Å². The van der Waals surface area contributed by atoms with Crippen LogP contribution in [-0.4, -0.2) is 59.4 Å². The van der Waals surface area contributed by atoms with Gasteiger partial charge in [0.25, 0.3) is 0 Å². The van der Waals surface area contributed by atoms with Crippen LogP contribution in [0.2, 0.25) is 0 Å². The van der Waals surface area contributed by atoms with Crippen LogP contribution in [0.1, 0.15) is 31.4 Å². The van der Waals surface area contributed by atoms with E-state index in [1.807, 2.05) is 17.9 Å². The molecule has 5 nitrogen and oxygen atoms in total. The average molecular weight is 279 g/mol. The molecule has 0 bridgehead atoms. The van der Waals surface area contributed by atoms with Gasteiger partial charge in [0.2, 0.25) is 0 Å². The first kappa shape index (κ1) is 15.5. The number of nitrogens with zero attached hydrogens (tertiary/aromatic N) is 4. The predicted octanol–water partition coefficient (Wildman–Crippen LogP) is 1.08. The zero-order valence-corrected chi connectivity index (χ0v) is 13.3. The van der Waals surface area contributed by atoms with Gasteiger partial charge < -0.3 is 10.6 Å². The van der Waals surface area contributed by atoms with E-state index < -0.39 is 0 Å². The lowest BCUT2D eigenvalue weighted by molar-refractivity contribution is 0.108. The van der Waals surface area contributed by atoms with Gasteiger partial charge in [-0.25, -0.2) is 0 Å². The van der Waals surface area contributed by atoms with Crippen LogP contribution in [0.4, 0.5) is 0 Å². The summed E-state index contributed by atoms with van der Waals surface area (Å²) in [5.74, 6) is 0.823. The van der Waals surface area contributed by atoms with Crippen LogP contribution in [0.25, 0.3) is 0 Å². The van der Waals surface area contributed by atoms with Gasteiger partial charge in [-0.1, -0.05) is 0 Å². The zero-order chi connectivity index (χ0) is 14.7. The predicted molar refractivity (Wildman–Crippen MR) is 82.4 cm³/mol. The molecule has 0 amide bonds. The van der Waals surface area contributed by atoms with Gasteiger partial charge in [0.05, 0.1) is 12.2 Å². The van der Waals surface area contributed by atoms with E-state index in [1.54, 1.807) is 0 Å². The SMILES string of the molecule is CC(N)C(c1cnn(C)c1)N1CCC(CN(C)C)CC1. The molecule has 2 heterocycles. The largest absolute Gasteiger partial charge is 0.326 e. The molecule has 2 N–H and O–H groups in total. The first-order valence-electron chi connectivity index (χ1n) is 7.60. The number of likely N-dealkylation sites (tertiary alicyclic amines) is 1. The van der Waals surface area contributed by atoms with E-state index in [2.05, 4.69) is 42.1 Å². The summed E-state index contributed by atoms with van der Waals surface area (Å²) >= 11 is 0. The summed E-state index contributed by atoms with van der Waals surface area (Å²) in [6.45, 7) is 5.58. The number of rotatable bonds is 5. The molecule has 0 spiro atoms. The lowest BCUT2D eigenvalue weighted by Gasteiger charge is -2.39. The second-order valence-corrected chi connectivity index (χ2v) is 6.49. The number of aryl methyl sites for hydroxylation is 1. The van der Waals surface area contributed by atoms with E-state index in [1.165, 1.54) is 24.9 Å². The van der Waals surface area contributed by atoms with Crippen molar-refractivity contribution in [3.05, 3.63) is 18.0 Å². The van der Waals surface area contributed by atoms with Crippen LogP contribution >= 0.6 is 0 Å². The third-order valence-corrected chi connectivity index (χ3v) is 4.23. The Bertz CT molecular complexity index is 404. The molecule has 1 aliphatic heterocycles. The van der Waals surface area contributed by atoms with Gasteiger partial charge in [0.1, 0.15) is 0 Å². The lowest BCUT2D eigenvalue weighted by Crippen LogP contribution is -2.44. The smallest absolute Gasteiger partial charge is 0.0538 e. The van der Waals surface area contributed by atoms with Crippen molar-refractivity contribution in [2.45, 2.75) is 31.8 Å². The Morgan fingerprint density at radius 1 is 1.40 bits per heavy atom. The number of hydrogen-bond acceptors (Lipinski definition) is 4. The van der Waals surface area contributed by atoms with Gasteiger partial charge in [0.15, 0.2) is 0 Å². The Morgan fingerprint density at radius 2 is 2.05 bits per heavy atom. The van der Waals surface area contributed by atoms with Gasteiger partial charge in [-0.05, 0) is 52.9 Å². The third-order valence-electron chi connectivity index (χ3n) is 4.23. The molecule has 0 aromatic carbocycles. The molecule has 1 aromatic rings. The summed E-state index contributed by atoms with van der Waals surface area (Å²) in [5, 5.41) is 4.30. The number of nitrogens with two attached hydrogens (primary N) is 1. The van der Waals surface area contributed by atoms with E-state index in [-0.39, 0.29) is 6.04 Å². The molecule has 114 valence electrons. The lowest BCUT2D eigenvalue weighted by atomic mass is 9.92. The summed E-state index contributed by atoms with van der Waals surface area (Å²) in [4.78, 5) is 4.83. The van der Waals surface area contributed by atoms with Crippen molar-refractivity contribution >= 4 is 0 Å². The maximum Gasteiger partial charge on any atom is 0.0538 e. The molecule has 1 aromatic heterocycles. The van der Waals surface area contributed by atoms with Crippen LogP contribution in [0.3, 0.4) is 0 Å². The topological polar surface area (TPSA) is 50.3 Å². The summed E-state index contributed by atoms with van der Waals surface area (Å²) in [7, 11) is 6.28. The number of hydrogen-bond donors (Lipinski definition) is 1. The first-order chi connectivity index (χ1) is 9.47. The second kappa shape index (κ2) is 6.70. The molecule has 5 heteroatoms. The highest BCUT2D eigenvalue weighted by Gasteiger charge is 2.29. The maximum atomic E-state index is 6.24. The molecule has 20 heavy (non-hydrogen) atoms. The van der Waals surface area contributed by atoms with Crippen molar-refractivity contribution in [3.63, 3.8) is 0 Å². The Kier molecular flexibility index (Phi) is 5.18. The van der Waals surface area contributed by atoms with Crippen LogP contribution in [0.15, 0.2) is 12.4 Å². The summed E-state index contributed by atoms with van der Waals surface area (Å²) in [5.41, 5.74) is 7.48. The van der Waals surface area contributed by atoms with E-state index in [4.69, 9.17) is 5.73 Å². The second-order valence-electron chi connectivity index (χ2n) is 6.49. The van der Waals surface area contributed by atoms with Crippen molar-refractivity contribution in [2.24, 2.45) is 18.7 Å². The average Bonchev–Trinajstić information content (AvgIpc) is 2.77. The van der Waals surface area contributed by atoms with Crippen molar-refractivity contribution in [3.8, 4) is 0 Å². The maximum absolute atomic E-state index is 6.24. The van der Waals surface area contributed by atoms with Gasteiger partial charge >= 0.3 is 0 Å². The van der Waals surface area contributed by atoms with Gasteiger partial charge in [0, 0.05) is 31.4 Å². The van der Waals surface area contributed by atoms with Crippen molar-refractivity contribution in [1.29, 1.82) is 0 Å². The summed E-state index contributed by atoms with van der Waals surface area (Å²) in [6, 6.07) is 0.425. The molecule has 1 aliphatic rings. The minimum atomic E-state index is 0.129. The van der Waals surface area contributed by atoms with Crippen LogP contribution in [-0.2, 0) is 7.05 Å². The molecule has 1 fully saturated rings. The van der Waals surface area contributed by atoms with Crippen molar-refractivity contribution in [2.75, 3.05) is 33.7 Å². The molecular weight excluding hydrogens is 250 g/mol. The Hall–Kier alpha value is -0.910. The van der Waals surface area contributed by atoms with Crippen LogP contribution < -0.4 is 5.73 Å². The Morgan fingerprint density at radius 3 is 2.50 bits per heavy atom. The highest BCUT2D eigenvalue weighted by molar-refractivity contribution is 5.13. The van der Waals surface area contributed by atoms with Crippen LogP contribution in [0, 0.1) is 5.92 Å². The van der Waals surface area contributed by atoms with Gasteiger partial charge in [-0.2, -0.15) is 5.10 Å². The Balaban J connectivity index is 1.99. The van der Waals surface area contributed by atoms with Crippen molar-refractivity contribution < 1.29 is 0 Å². The molecule has 2 atom stereocenters. The fourth-order valence-electron chi connectivity index (χ4n) is 3.37. The third kappa shape index (κ3) is 3.81. The minimum Gasteiger partial charge on any atom is -0.326 e. The molecule has 1 saturated heterocycles. The van der Waals surface area contributed by atoms with Gasteiger partial charge in [-0.15, -0.1) is 0 Å². The normalized spacial score (nSPS) is 21.3. The highest BCUT2D eigenvalue weighted by atomic mass is 15.3. The van der Waals surface area contributed by atoms with Gasteiger partial charge in [-0.3, -0.25) is 9.58 Å². The standard InChI is InChI=1S/C15H29N5/c1-12(16)15(14-9-17-19(4)11-14)20-7-5-13(6-8-20)10-18(2)3/h9,11-13,15H,5-8,10,16H2,1-4H3. The number of piperidine rings is 1. The fraction of sp³-hybridized carbons (Fsp3) is 0.800. The summed E-state index contributed by atoms with van der Waals surface area (Å²) < 4.78 is 1.86. The highest BCUT2D eigenvalue weighted by Crippen LogP contribution is 2.28. The number of aromatic nitrogens is 2. The molecule has 0 radical (unpaired) electrons. The molecule has 0 saturated carbocycles. The van der Waals surface area contributed by atoms with E-state index >= 15 is 0 Å². The fourth-order valence-corrected chi connectivity index (χ4v) is 3.37. The molecular formula is C15H29N5. The van der Waals surface area contributed by atoms with Crippen molar-refractivity contribution in [1.82, 2.24) is 19.6 Å². The monoisotopic (exact) mass is 279 g/mol. The van der Waals surface area contributed by atoms with Crippen LogP contribution in [0.5, 0.6) is 0 Å². The van der Waals surface area contributed by atoms with E-state index in [0.29, 0.717) is 6.04 Å². The zero-order valence-electron chi connectivity index (χ0n) is 13.3. The summed E-state index contributed by atoms with van der Waals surface area (Å²) in [6.07, 6.45) is 6.59. The first-order valence-corrected chi connectivity index (χ1v) is 7.60. The van der Waals surface area contributed by atoms with E-state index in [9.17, 15) is 0 Å². The molecule has 2 unspecified atom stereocenters. The molecule has 2 rings (SSSR count). The minimum absolute atomic E-state index is 0.129. The Labute approximate surface area is 122 Å². The quantitative estimate of drug-likeness (QED) is 0.876.